The minimum atomic E-state index is 0.336. The molecular weight excluding hydrogens is 246 g/mol. The highest BCUT2D eigenvalue weighted by atomic mass is 15.1. The summed E-state index contributed by atoms with van der Waals surface area (Å²) in [6, 6.07) is 0. The number of anilines is 1. The zero-order valence-electron chi connectivity index (χ0n) is 12.9. The lowest BCUT2D eigenvalue weighted by Crippen LogP contribution is -2.49. The molecule has 3 heteroatoms. The van der Waals surface area contributed by atoms with Crippen molar-refractivity contribution in [3.8, 4) is 0 Å². The summed E-state index contributed by atoms with van der Waals surface area (Å²) in [7, 11) is 2.09. The third-order valence-electron chi connectivity index (χ3n) is 6.25. The lowest BCUT2D eigenvalue weighted by molar-refractivity contribution is -0.00671. The lowest BCUT2D eigenvalue weighted by Gasteiger charge is -2.56. The van der Waals surface area contributed by atoms with Crippen LogP contribution in [0.3, 0.4) is 0 Å². The Hall–Kier alpha value is -0.990. The van der Waals surface area contributed by atoms with Crippen LogP contribution in [0.1, 0.15) is 63.4 Å². The predicted molar refractivity (Wildman–Crippen MR) is 81.5 cm³/mol. The van der Waals surface area contributed by atoms with Crippen molar-refractivity contribution in [2.24, 2.45) is 24.8 Å². The van der Waals surface area contributed by atoms with E-state index in [1.807, 2.05) is 0 Å². The fourth-order valence-electron chi connectivity index (χ4n) is 5.80. The third kappa shape index (κ3) is 1.68. The van der Waals surface area contributed by atoms with Gasteiger partial charge in [0.25, 0.3) is 0 Å². The Morgan fingerprint density at radius 2 is 1.70 bits per heavy atom. The van der Waals surface area contributed by atoms with Gasteiger partial charge in [-0.15, -0.1) is 0 Å². The molecule has 0 spiro atoms. The van der Waals surface area contributed by atoms with E-state index in [4.69, 9.17) is 10.7 Å². The Labute approximate surface area is 122 Å². The summed E-state index contributed by atoms with van der Waals surface area (Å²) in [6.07, 6.45) is 10.7. The molecule has 0 unspecified atom stereocenters. The van der Waals surface area contributed by atoms with Gasteiger partial charge in [0.05, 0.1) is 5.69 Å². The van der Waals surface area contributed by atoms with Crippen LogP contribution in [-0.4, -0.2) is 9.55 Å². The molecule has 20 heavy (non-hydrogen) atoms. The summed E-state index contributed by atoms with van der Waals surface area (Å²) in [6.45, 7) is 2.22. The smallest absolute Gasteiger partial charge is 0.127 e. The zero-order chi connectivity index (χ0) is 13.9. The van der Waals surface area contributed by atoms with Gasteiger partial charge in [0.1, 0.15) is 11.6 Å². The molecule has 4 saturated carbocycles. The Kier molecular flexibility index (Phi) is 2.71. The van der Waals surface area contributed by atoms with Gasteiger partial charge in [-0.2, -0.15) is 0 Å². The molecule has 1 aromatic heterocycles. The molecule has 1 aromatic rings. The van der Waals surface area contributed by atoms with Crippen LogP contribution < -0.4 is 5.73 Å². The van der Waals surface area contributed by atoms with Crippen molar-refractivity contribution in [3.05, 3.63) is 11.5 Å². The second kappa shape index (κ2) is 4.25. The number of nitrogens with two attached hydrogens (primary N) is 1. The van der Waals surface area contributed by atoms with Gasteiger partial charge < -0.3 is 10.3 Å². The summed E-state index contributed by atoms with van der Waals surface area (Å²) in [5.41, 5.74) is 8.06. The van der Waals surface area contributed by atoms with Gasteiger partial charge in [-0.25, -0.2) is 4.98 Å². The molecule has 0 atom stereocenters. The Morgan fingerprint density at radius 1 is 1.15 bits per heavy atom. The van der Waals surface area contributed by atoms with E-state index >= 15 is 0 Å². The minimum Gasteiger partial charge on any atom is -0.384 e. The minimum absolute atomic E-state index is 0.336. The van der Waals surface area contributed by atoms with Gasteiger partial charge in [0, 0.05) is 18.9 Å². The summed E-state index contributed by atoms with van der Waals surface area (Å²) in [5.74, 6) is 5.01. The zero-order valence-corrected chi connectivity index (χ0v) is 12.9. The number of nitrogens with zero attached hydrogens (tertiary/aromatic N) is 2. The van der Waals surface area contributed by atoms with Crippen molar-refractivity contribution in [2.75, 3.05) is 5.73 Å². The maximum atomic E-state index is 6.46. The standard InChI is InChI=1S/C17H27N3/c1-3-4-14-19-15(16(18)20(14)2)17-8-11-5-12(9-17)7-13(6-11)10-17/h11-13H,3-10,18H2,1-2H3. The second-order valence-corrected chi connectivity index (χ2v) is 7.77. The van der Waals surface area contributed by atoms with E-state index in [2.05, 4.69) is 18.5 Å². The van der Waals surface area contributed by atoms with Crippen molar-refractivity contribution in [1.29, 1.82) is 0 Å². The third-order valence-corrected chi connectivity index (χ3v) is 6.25. The van der Waals surface area contributed by atoms with E-state index < -0.39 is 0 Å². The average molecular weight is 273 g/mol. The van der Waals surface area contributed by atoms with Crippen molar-refractivity contribution >= 4 is 5.82 Å². The second-order valence-electron chi connectivity index (χ2n) is 7.77. The van der Waals surface area contributed by atoms with Crippen LogP contribution in [0, 0.1) is 17.8 Å². The van der Waals surface area contributed by atoms with Crippen molar-refractivity contribution < 1.29 is 0 Å². The SMILES string of the molecule is CCCc1nc(C23CC4CC(CC(C4)C2)C3)c(N)n1C. The quantitative estimate of drug-likeness (QED) is 0.917. The largest absolute Gasteiger partial charge is 0.384 e. The van der Waals surface area contributed by atoms with E-state index in [0.29, 0.717) is 5.41 Å². The van der Waals surface area contributed by atoms with E-state index in [1.165, 1.54) is 50.0 Å². The highest BCUT2D eigenvalue weighted by Gasteiger charge is 2.53. The fourth-order valence-corrected chi connectivity index (χ4v) is 5.80. The molecule has 0 aromatic carbocycles. The maximum absolute atomic E-state index is 6.46. The van der Waals surface area contributed by atoms with Gasteiger partial charge >= 0.3 is 0 Å². The summed E-state index contributed by atoms with van der Waals surface area (Å²) < 4.78 is 2.15. The van der Waals surface area contributed by atoms with Crippen molar-refractivity contribution in [2.45, 2.75) is 63.7 Å². The molecule has 0 radical (unpaired) electrons. The number of rotatable bonds is 3. The topological polar surface area (TPSA) is 43.8 Å². The maximum Gasteiger partial charge on any atom is 0.127 e. The highest BCUT2D eigenvalue weighted by molar-refractivity contribution is 5.44. The average Bonchev–Trinajstić information content (AvgIpc) is 2.67. The summed E-state index contributed by atoms with van der Waals surface area (Å²) in [4.78, 5) is 5.03. The van der Waals surface area contributed by atoms with Gasteiger partial charge in [0.2, 0.25) is 0 Å². The first-order valence-corrected chi connectivity index (χ1v) is 8.43. The molecule has 110 valence electrons. The summed E-state index contributed by atoms with van der Waals surface area (Å²) >= 11 is 0. The molecule has 0 aliphatic heterocycles. The molecule has 0 amide bonds. The number of aromatic nitrogens is 2. The predicted octanol–water partition coefficient (Wildman–Crippen LogP) is 3.42. The van der Waals surface area contributed by atoms with E-state index in [-0.39, 0.29) is 0 Å². The monoisotopic (exact) mass is 273 g/mol. The van der Waals surface area contributed by atoms with Crippen molar-refractivity contribution in [1.82, 2.24) is 9.55 Å². The number of aryl methyl sites for hydroxylation is 1. The van der Waals surface area contributed by atoms with E-state index in [1.54, 1.807) is 0 Å². The van der Waals surface area contributed by atoms with Crippen LogP contribution in [0.25, 0.3) is 0 Å². The molecule has 2 N–H and O–H groups in total. The van der Waals surface area contributed by atoms with Gasteiger partial charge in [0.15, 0.2) is 0 Å². The lowest BCUT2D eigenvalue weighted by atomic mass is 9.49. The molecule has 3 nitrogen and oxygen atoms in total. The Balaban J connectivity index is 1.75. The number of hydrogen-bond acceptors (Lipinski definition) is 2. The summed E-state index contributed by atoms with van der Waals surface area (Å²) in [5, 5.41) is 0. The molecule has 4 fully saturated rings. The first kappa shape index (κ1) is 12.7. The molecule has 0 saturated heterocycles. The van der Waals surface area contributed by atoms with Crippen LogP contribution in [0.2, 0.25) is 0 Å². The Morgan fingerprint density at radius 3 is 2.20 bits per heavy atom. The van der Waals surface area contributed by atoms with E-state index in [9.17, 15) is 0 Å². The Bertz CT molecular complexity index is 493. The molecule has 4 bridgehead atoms. The van der Waals surface area contributed by atoms with Crippen LogP contribution in [0.4, 0.5) is 5.82 Å². The molecule has 1 heterocycles. The van der Waals surface area contributed by atoms with Gasteiger partial charge in [-0.1, -0.05) is 6.92 Å². The van der Waals surface area contributed by atoms with Gasteiger partial charge in [-0.05, 0) is 62.7 Å². The van der Waals surface area contributed by atoms with Gasteiger partial charge in [-0.3, -0.25) is 0 Å². The number of nitrogen functional groups attached to an aromatic ring is 1. The van der Waals surface area contributed by atoms with Crippen LogP contribution >= 0.6 is 0 Å². The first-order valence-electron chi connectivity index (χ1n) is 8.43. The fraction of sp³-hybridized carbons (Fsp3) is 0.824. The molecule has 5 rings (SSSR count). The first-order chi connectivity index (χ1) is 9.61. The molecule has 4 aliphatic carbocycles. The number of imidazole rings is 1. The van der Waals surface area contributed by atoms with E-state index in [0.717, 1.165) is 36.4 Å². The molecule has 4 aliphatic rings. The van der Waals surface area contributed by atoms with Crippen molar-refractivity contribution in [3.63, 3.8) is 0 Å². The van der Waals surface area contributed by atoms with Crippen LogP contribution in [-0.2, 0) is 18.9 Å². The highest BCUT2D eigenvalue weighted by Crippen LogP contribution is 2.61. The van der Waals surface area contributed by atoms with Crippen LogP contribution in [0.15, 0.2) is 0 Å². The van der Waals surface area contributed by atoms with Crippen LogP contribution in [0.5, 0.6) is 0 Å². The number of hydrogen-bond donors (Lipinski definition) is 1. The normalized spacial score (nSPS) is 38.6. The molecular formula is C17H27N3.